The molecule has 0 saturated carbocycles. The molecule has 122 valence electrons. The fourth-order valence-electron chi connectivity index (χ4n) is 2.17. The molecule has 2 N–H and O–H groups in total. The number of hydrogen-bond donors (Lipinski definition) is 2. The van der Waals surface area contributed by atoms with Crippen LogP contribution < -0.4 is 0 Å². The van der Waals surface area contributed by atoms with Gasteiger partial charge in [0.15, 0.2) is 0 Å². The Hall–Kier alpha value is -1.32. The van der Waals surface area contributed by atoms with E-state index in [1.54, 1.807) is 13.0 Å². The van der Waals surface area contributed by atoms with Crippen molar-refractivity contribution in [2.75, 3.05) is 0 Å². The summed E-state index contributed by atoms with van der Waals surface area (Å²) < 4.78 is 0. The molecule has 21 heavy (non-hydrogen) atoms. The summed E-state index contributed by atoms with van der Waals surface area (Å²) in [6.45, 7) is 3.79. The van der Waals surface area contributed by atoms with Crippen molar-refractivity contribution in [3.05, 3.63) is 11.6 Å². The Morgan fingerprint density at radius 2 is 1.48 bits per heavy atom. The van der Waals surface area contributed by atoms with Gasteiger partial charge in [-0.05, 0) is 19.3 Å². The van der Waals surface area contributed by atoms with E-state index in [2.05, 4.69) is 6.92 Å². The predicted molar refractivity (Wildman–Crippen MR) is 84.4 cm³/mol. The average molecular weight is 298 g/mol. The maximum atomic E-state index is 11.1. The Bertz CT molecular complexity index is 334. The van der Waals surface area contributed by atoms with Gasteiger partial charge in [-0.1, -0.05) is 64.9 Å². The number of carboxylic acids is 2. The van der Waals surface area contributed by atoms with Gasteiger partial charge in [-0.2, -0.15) is 0 Å². The Kier molecular flexibility index (Phi) is 11.6. The van der Waals surface area contributed by atoms with Gasteiger partial charge in [-0.25, -0.2) is 4.79 Å². The predicted octanol–water partition coefficient (Wildman–Crippen LogP) is 4.64. The number of rotatable bonds is 13. The van der Waals surface area contributed by atoms with E-state index >= 15 is 0 Å². The molecule has 0 amide bonds. The van der Waals surface area contributed by atoms with Crippen molar-refractivity contribution in [1.82, 2.24) is 0 Å². The molecule has 4 nitrogen and oxygen atoms in total. The molecule has 0 saturated heterocycles. The summed E-state index contributed by atoms with van der Waals surface area (Å²) in [5.41, 5.74) is 0.356. The molecule has 0 radical (unpaired) electrons. The van der Waals surface area contributed by atoms with Crippen molar-refractivity contribution >= 4 is 11.9 Å². The zero-order valence-electron chi connectivity index (χ0n) is 13.4. The van der Waals surface area contributed by atoms with Crippen LogP contribution in [0.1, 0.15) is 78.1 Å². The van der Waals surface area contributed by atoms with Crippen LogP contribution in [0.3, 0.4) is 0 Å². The van der Waals surface area contributed by atoms with Crippen LogP contribution in [0.15, 0.2) is 11.6 Å². The zero-order chi connectivity index (χ0) is 16.1. The smallest absolute Gasteiger partial charge is 0.331 e. The van der Waals surface area contributed by atoms with Gasteiger partial charge < -0.3 is 10.2 Å². The summed E-state index contributed by atoms with van der Waals surface area (Å²) in [5.74, 6) is -2.34. The third kappa shape index (κ3) is 11.1. The lowest BCUT2D eigenvalue weighted by atomic mass is 10.0. The molecule has 0 bridgehead atoms. The second-order valence-corrected chi connectivity index (χ2v) is 5.73. The molecule has 0 aromatic carbocycles. The normalized spacial score (nSPS) is 13.1. The van der Waals surface area contributed by atoms with Gasteiger partial charge in [0.1, 0.15) is 0 Å². The van der Waals surface area contributed by atoms with Gasteiger partial charge in [0, 0.05) is 5.57 Å². The summed E-state index contributed by atoms with van der Waals surface area (Å²) >= 11 is 0. The molecule has 0 rings (SSSR count). The molecule has 0 fully saturated rings. The first-order chi connectivity index (χ1) is 9.99. The second kappa shape index (κ2) is 12.4. The minimum absolute atomic E-state index is 0.286. The minimum Gasteiger partial charge on any atom is -0.481 e. The molecule has 0 aromatic rings. The Labute approximate surface area is 128 Å². The van der Waals surface area contributed by atoms with Crippen molar-refractivity contribution in [2.24, 2.45) is 5.92 Å². The number of carbonyl (C=O) groups is 2. The number of allylic oxidation sites excluding steroid dienone is 1. The maximum Gasteiger partial charge on any atom is 0.331 e. The van der Waals surface area contributed by atoms with Crippen molar-refractivity contribution in [2.45, 2.75) is 78.1 Å². The van der Waals surface area contributed by atoms with E-state index in [1.807, 2.05) is 0 Å². The minimum atomic E-state index is -0.921. The zero-order valence-corrected chi connectivity index (χ0v) is 13.4. The molecule has 1 atom stereocenters. The van der Waals surface area contributed by atoms with E-state index in [4.69, 9.17) is 10.2 Å². The average Bonchev–Trinajstić information content (AvgIpc) is 2.43. The number of aliphatic carboxylic acids is 2. The van der Waals surface area contributed by atoms with Crippen molar-refractivity contribution in [3.63, 3.8) is 0 Å². The summed E-state index contributed by atoms with van der Waals surface area (Å²) in [6, 6.07) is 0. The van der Waals surface area contributed by atoms with Gasteiger partial charge in [0.2, 0.25) is 0 Å². The molecule has 1 unspecified atom stereocenters. The van der Waals surface area contributed by atoms with Crippen molar-refractivity contribution in [1.29, 1.82) is 0 Å². The van der Waals surface area contributed by atoms with Gasteiger partial charge in [0.25, 0.3) is 0 Å². The summed E-state index contributed by atoms with van der Waals surface area (Å²) in [4.78, 5) is 21.8. The molecular weight excluding hydrogens is 268 g/mol. The molecular formula is C17H30O4. The van der Waals surface area contributed by atoms with Crippen LogP contribution >= 0.6 is 0 Å². The van der Waals surface area contributed by atoms with E-state index in [9.17, 15) is 9.59 Å². The van der Waals surface area contributed by atoms with E-state index < -0.39 is 17.9 Å². The van der Waals surface area contributed by atoms with Gasteiger partial charge in [0.05, 0.1) is 5.92 Å². The lowest BCUT2D eigenvalue weighted by molar-refractivity contribution is -0.141. The lowest BCUT2D eigenvalue weighted by Crippen LogP contribution is -2.09. The molecule has 0 aliphatic heterocycles. The number of carboxylic acid groups (broad SMARTS) is 2. The second-order valence-electron chi connectivity index (χ2n) is 5.73. The molecule has 0 heterocycles. The van der Waals surface area contributed by atoms with Crippen LogP contribution in [0.5, 0.6) is 0 Å². The molecule has 0 spiro atoms. The Balaban J connectivity index is 3.87. The van der Waals surface area contributed by atoms with E-state index in [1.165, 1.54) is 32.1 Å². The topological polar surface area (TPSA) is 74.6 Å². The van der Waals surface area contributed by atoms with E-state index in [0.29, 0.717) is 12.0 Å². The Morgan fingerprint density at radius 1 is 0.952 bits per heavy atom. The maximum absolute atomic E-state index is 11.1. The summed E-state index contributed by atoms with van der Waals surface area (Å²) in [7, 11) is 0. The standard InChI is InChI=1S/C17H30O4/c1-3-4-5-6-7-8-9-10-11-15(17(20)21)13-12-14(2)16(18)19/h13-14H,3-12H2,1-2H3,(H,18,19)(H,20,21). The van der Waals surface area contributed by atoms with Crippen molar-refractivity contribution < 1.29 is 19.8 Å². The Morgan fingerprint density at radius 3 is 1.95 bits per heavy atom. The van der Waals surface area contributed by atoms with Gasteiger partial charge in [-0.3, -0.25) is 4.79 Å². The molecule has 0 aromatic heterocycles. The highest BCUT2D eigenvalue weighted by Gasteiger charge is 2.12. The van der Waals surface area contributed by atoms with Crippen LogP contribution in [0.2, 0.25) is 0 Å². The highest BCUT2D eigenvalue weighted by molar-refractivity contribution is 5.86. The fourth-order valence-corrected chi connectivity index (χ4v) is 2.17. The highest BCUT2D eigenvalue weighted by atomic mass is 16.4. The lowest BCUT2D eigenvalue weighted by Gasteiger charge is -2.05. The fraction of sp³-hybridized carbons (Fsp3) is 0.765. The number of unbranched alkanes of at least 4 members (excludes halogenated alkanes) is 7. The van der Waals surface area contributed by atoms with Crippen LogP contribution in [-0.2, 0) is 9.59 Å². The molecule has 4 heteroatoms. The third-order valence-corrected chi connectivity index (χ3v) is 3.71. The quantitative estimate of drug-likeness (QED) is 0.384. The number of hydrogen-bond acceptors (Lipinski definition) is 2. The summed E-state index contributed by atoms with van der Waals surface area (Å²) in [6.07, 6.45) is 11.8. The molecule has 0 aliphatic rings. The van der Waals surface area contributed by atoms with Crippen LogP contribution in [-0.4, -0.2) is 22.2 Å². The van der Waals surface area contributed by atoms with E-state index in [0.717, 1.165) is 19.3 Å². The first-order valence-corrected chi connectivity index (χ1v) is 8.14. The largest absolute Gasteiger partial charge is 0.481 e. The first kappa shape index (κ1) is 19.7. The SMILES string of the molecule is CCCCCCCCCCC(=CCC(C)C(=O)O)C(=O)O. The monoisotopic (exact) mass is 298 g/mol. The van der Waals surface area contributed by atoms with Gasteiger partial charge in [-0.15, -0.1) is 0 Å². The van der Waals surface area contributed by atoms with Crippen molar-refractivity contribution in [3.8, 4) is 0 Å². The highest BCUT2D eigenvalue weighted by Crippen LogP contribution is 2.15. The van der Waals surface area contributed by atoms with E-state index in [-0.39, 0.29) is 6.42 Å². The third-order valence-electron chi connectivity index (χ3n) is 3.71. The first-order valence-electron chi connectivity index (χ1n) is 8.14. The molecule has 0 aliphatic carbocycles. The van der Waals surface area contributed by atoms with Crippen LogP contribution in [0.25, 0.3) is 0 Å². The van der Waals surface area contributed by atoms with Crippen LogP contribution in [0.4, 0.5) is 0 Å². The van der Waals surface area contributed by atoms with Gasteiger partial charge >= 0.3 is 11.9 Å². The van der Waals surface area contributed by atoms with Crippen LogP contribution in [0, 0.1) is 5.92 Å². The summed E-state index contributed by atoms with van der Waals surface area (Å²) in [5, 5.41) is 17.9.